The summed E-state index contributed by atoms with van der Waals surface area (Å²) < 4.78 is 12.5. The normalized spacial score (nSPS) is 17.4. The molecule has 1 aliphatic heterocycles. The number of carboxylic acids is 1. The summed E-state index contributed by atoms with van der Waals surface area (Å²) in [5.74, 6) is -1.04. The molecule has 5 heteroatoms. The summed E-state index contributed by atoms with van der Waals surface area (Å²) in [5, 5.41) is 8.72. The van der Waals surface area contributed by atoms with E-state index in [9.17, 15) is 9.18 Å². The number of pyridine rings is 1. The Kier molecular flexibility index (Phi) is 2.64. The first-order chi connectivity index (χ1) is 7.15. The average Bonchev–Trinajstić information content (AvgIpc) is 2.16. The highest BCUT2D eigenvalue weighted by Gasteiger charge is 2.26. The highest BCUT2D eigenvalue weighted by atomic mass is 19.1. The maximum atomic E-state index is 12.5. The summed E-state index contributed by atoms with van der Waals surface area (Å²) in [4.78, 5) is 16.5. The number of likely N-dealkylation sites (tertiary alicyclic amines) is 1. The van der Waals surface area contributed by atoms with Gasteiger partial charge in [0.1, 0.15) is 11.9 Å². The van der Waals surface area contributed by atoms with Gasteiger partial charge in [-0.3, -0.25) is 4.90 Å². The van der Waals surface area contributed by atoms with Crippen molar-refractivity contribution in [3.05, 3.63) is 29.6 Å². The number of nitrogens with zero attached hydrogens (tertiary/aromatic N) is 2. The second-order valence-electron chi connectivity index (χ2n) is 3.61. The van der Waals surface area contributed by atoms with Crippen molar-refractivity contribution >= 4 is 5.97 Å². The molecule has 0 spiro atoms. The fourth-order valence-electron chi connectivity index (χ4n) is 1.55. The molecule has 1 N–H and O–H groups in total. The molecular formula is C10H11FN2O2. The van der Waals surface area contributed by atoms with Crippen LogP contribution in [0.3, 0.4) is 0 Å². The van der Waals surface area contributed by atoms with E-state index in [1.807, 2.05) is 4.90 Å². The van der Waals surface area contributed by atoms with Crippen LogP contribution in [0.5, 0.6) is 0 Å². The molecule has 0 bridgehead atoms. The zero-order chi connectivity index (χ0) is 10.8. The molecule has 1 aliphatic rings. The largest absolute Gasteiger partial charge is 0.477 e. The van der Waals surface area contributed by atoms with E-state index in [0.29, 0.717) is 25.3 Å². The molecule has 0 aromatic carbocycles. The molecule has 1 fully saturated rings. The molecule has 0 radical (unpaired) electrons. The number of carbonyl (C=O) groups is 1. The number of halogens is 1. The zero-order valence-electron chi connectivity index (χ0n) is 8.06. The Bertz CT molecular complexity index is 377. The topological polar surface area (TPSA) is 53.4 Å². The maximum Gasteiger partial charge on any atom is 0.354 e. The van der Waals surface area contributed by atoms with Crippen molar-refractivity contribution in [3.63, 3.8) is 0 Å². The zero-order valence-corrected chi connectivity index (χ0v) is 8.06. The summed E-state index contributed by atoms with van der Waals surface area (Å²) >= 11 is 0. The summed E-state index contributed by atoms with van der Waals surface area (Å²) in [7, 11) is 0. The SMILES string of the molecule is O=C(O)c1cccc(CN2CC(F)C2)n1. The second kappa shape index (κ2) is 3.94. The molecule has 1 saturated heterocycles. The van der Waals surface area contributed by atoms with Crippen molar-refractivity contribution in [1.29, 1.82) is 0 Å². The summed E-state index contributed by atoms with van der Waals surface area (Å²) in [6, 6.07) is 4.84. The Labute approximate surface area is 86.4 Å². The highest BCUT2D eigenvalue weighted by molar-refractivity contribution is 5.85. The van der Waals surface area contributed by atoms with E-state index in [1.54, 1.807) is 12.1 Å². The third-order valence-electron chi connectivity index (χ3n) is 2.32. The van der Waals surface area contributed by atoms with Crippen molar-refractivity contribution < 1.29 is 14.3 Å². The van der Waals surface area contributed by atoms with Gasteiger partial charge in [0.25, 0.3) is 0 Å². The number of aromatic carboxylic acids is 1. The van der Waals surface area contributed by atoms with Crippen LogP contribution in [-0.4, -0.2) is 40.2 Å². The van der Waals surface area contributed by atoms with E-state index in [0.717, 1.165) is 0 Å². The van der Waals surface area contributed by atoms with E-state index in [2.05, 4.69) is 4.98 Å². The molecule has 80 valence electrons. The summed E-state index contributed by atoms with van der Waals surface area (Å²) in [5.41, 5.74) is 0.701. The van der Waals surface area contributed by atoms with Gasteiger partial charge in [-0.15, -0.1) is 0 Å². The van der Waals surface area contributed by atoms with Gasteiger partial charge in [0.2, 0.25) is 0 Å². The molecule has 2 rings (SSSR count). The van der Waals surface area contributed by atoms with Crippen LogP contribution in [0.4, 0.5) is 4.39 Å². The van der Waals surface area contributed by atoms with Crippen LogP contribution in [0.25, 0.3) is 0 Å². The Hall–Kier alpha value is -1.49. The van der Waals surface area contributed by atoms with Crippen molar-refractivity contribution in [2.75, 3.05) is 13.1 Å². The number of hydrogen-bond donors (Lipinski definition) is 1. The number of alkyl halides is 1. The van der Waals surface area contributed by atoms with Gasteiger partial charge >= 0.3 is 5.97 Å². The van der Waals surface area contributed by atoms with E-state index >= 15 is 0 Å². The monoisotopic (exact) mass is 210 g/mol. The molecule has 0 amide bonds. The van der Waals surface area contributed by atoms with Gasteiger partial charge in [-0.1, -0.05) is 6.07 Å². The molecular weight excluding hydrogens is 199 g/mol. The Morgan fingerprint density at radius 1 is 1.60 bits per heavy atom. The Morgan fingerprint density at radius 2 is 2.33 bits per heavy atom. The quantitative estimate of drug-likeness (QED) is 0.806. The minimum Gasteiger partial charge on any atom is -0.477 e. The van der Waals surface area contributed by atoms with Crippen LogP contribution >= 0.6 is 0 Å². The van der Waals surface area contributed by atoms with Crippen LogP contribution < -0.4 is 0 Å². The average molecular weight is 210 g/mol. The smallest absolute Gasteiger partial charge is 0.354 e. The molecule has 2 heterocycles. The van der Waals surface area contributed by atoms with Crippen LogP contribution in [0, 0.1) is 0 Å². The van der Waals surface area contributed by atoms with Gasteiger partial charge in [0.15, 0.2) is 0 Å². The van der Waals surface area contributed by atoms with Crippen molar-refractivity contribution in [1.82, 2.24) is 9.88 Å². The molecule has 0 atom stereocenters. The predicted octanol–water partition coefficient (Wildman–Crippen LogP) is 0.933. The number of carboxylic acid groups (broad SMARTS) is 1. The van der Waals surface area contributed by atoms with Gasteiger partial charge in [0, 0.05) is 19.6 Å². The van der Waals surface area contributed by atoms with Gasteiger partial charge < -0.3 is 5.11 Å². The first kappa shape index (κ1) is 10.0. The lowest BCUT2D eigenvalue weighted by atomic mass is 10.2. The molecule has 1 aromatic rings. The van der Waals surface area contributed by atoms with Crippen LogP contribution in [-0.2, 0) is 6.54 Å². The molecule has 4 nitrogen and oxygen atoms in total. The van der Waals surface area contributed by atoms with Crippen molar-refractivity contribution in [2.24, 2.45) is 0 Å². The molecule has 0 saturated carbocycles. The minimum absolute atomic E-state index is 0.0322. The summed E-state index contributed by atoms with van der Waals surface area (Å²) in [6.07, 6.45) is -0.743. The molecule has 1 aromatic heterocycles. The van der Waals surface area contributed by atoms with Gasteiger partial charge in [-0.2, -0.15) is 0 Å². The van der Waals surface area contributed by atoms with Crippen LogP contribution in [0.2, 0.25) is 0 Å². The van der Waals surface area contributed by atoms with Crippen molar-refractivity contribution in [2.45, 2.75) is 12.7 Å². The minimum atomic E-state index is -1.04. The summed E-state index contributed by atoms with van der Waals surface area (Å²) in [6.45, 7) is 1.35. The lowest BCUT2D eigenvalue weighted by Crippen LogP contribution is -2.47. The highest BCUT2D eigenvalue weighted by Crippen LogP contribution is 2.14. The fourth-order valence-corrected chi connectivity index (χ4v) is 1.55. The predicted molar refractivity (Wildman–Crippen MR) is 51.4 cm³/mol. The molecule has 0 aliphatic carbocycles. The van der Waals surface area contributed by atoms with Crippen molar-refractivity contribution in [3.8, 4) is 0 Å². The van der Waals surface area contributed by atoms with Gasteiger partial charge in [0.05, 0.1) is 5.69 Å². The third kappa shape index (κ3) is 2.30. The fraction of sp³-hybridized carbons (Fsp3) is 0.400. The third-order valence-corrected chi connectivity index (χ3v) is 2.32. The molecule has 0 unspecified atom stereocenters. The lowest BCUT2D eigenvalue weighted by Gasteiger charge is -2.33. The Balaban J connectivity index is 2.02. The van der Waals surface area contributed by atoms with Crippen LogP contribution in [0.15, 0.2) is 18.2 Å². The number of hydrogen-bond acceptors (Lipinski definition) is 3. The Morgan fingerprint density at radius 3 is 2.93 bits per heavy atom. The first-order valence-corrected chi connectivity index (χ1v) is 4.71. The van der Waals surface area contributed by atoms with Crippen LogP contribution in [0.1, 0.15) is 16.2 Å². The standard InChI is InChI=1S/C10H11FN2O2/c11-7-4-13(5-7)6-8-2-1-3-9(12-8)10(14)15/h1-3,7H,4-6H2,(H,14,15). The lowest BCUT2D eigenvalue weighted by molar-refractivity contribution is 0.0575. The van der Waals surface area contributed by atoms with E-state index in [-0.39, 0.29) is 5.69 Å². The number of rotatable bonds is 3. The van der Waals surface area contributed by atoms with Gasteiger partial charge in [-0.25, -0.2) is 14.2 Å². The maximum absolute atomic E-state index is 12.5. The van der Waals surface area contributed by atoms with E-state index < -0.39 is 12.1 Å². The van der Waals surface area contributed by atoms with E-state index in [1.165, 1.54) is 6.07 Å². The molecule has 15 heavy (non-hydrogen) atoms. The number of aromatic nitrogens is 1. The van der Waals surface area contributed by atoms with E-state index in [4.69, 9.17) is 5.11 Å². The second-order valence-corrected chi connectivity index (χ2v) is 3.61. The van der Waals surface area contributed by atoms with Gasteiger partial charge in [-0.05, 0) is 12.1 Å². The first-order valence-electron chi connectivity index (χ1n) is 4.71.